The van der Waals surface area contributed by atoms with Crippen LogP contribution in [0.3, 0.4) is 0 Å². The van der Waals surface area contributed by atoms with Gasteiger partial charge in [0.25, 0.3) is 5.91 Å². The maximum absolute atomic E-state index is 12.7. The van der Waals surface area contributed by atoms with Crippen LogP contribution in [0.1, 0.15) is 27.8 Å². The molecular weight excluding hydrogens is 382 g/mol. The summed E-state index contributed by atoms with van der Waals surface area (Å²) in [7, 11) is 0. The first-order valence-electron chi connectivity index (χ1n) is 7.05. The number of aromatic nitrogens is 2. The summed E-state index contributed by atoms with van der Waals surface area (Å²) in [6.45, 7) is 0.227. The van der Waals surface area contributed by atoms with Crippen molar-refractivity contribution < 1.29 is 23.1 Å². The number of aromatic hydroxyl groups is 1. The van der Waals surface area contributed by atoms with Crippen molar-refractivity contribution in [2.24, 2.45) is 0 Å². The number of benzene rings is 1. The number of halogens is 5. The van der Waals surface area contributed by atoms with E-state index in [-0.39, 0.29) is 34.5 Å². The van der Waals surface area contributed by atoms with Gasteiger partial charge in [-0.2, -0.15) is 13.2 Å². The fraction of sp³-hybridized carbons (Fsp3) is 0.267. The third kappa shape index (κ3) is 3.36. The van der Waals surface area contributed by atoms with Crippen LogP contribution >= 0.6 is 23.2 Å². The molecule has 1 saturated heterocycles. The second-order valence-electron chi connectivity index (χ2n) is 5.46. The summed E-state index contributed by atoms with van der Waals surface area (Å²) < 4.78 is 38.1. The van der Waals surface area contributed by atoms with Crippen LogP contribution in [0.15, 0.2) is 24.4 Å². The van der Waals surface area contributed by atoms with E-state index in [4.69, 9.17) is 23.2 Å². The molecule has 3 rings (SSSR count). The Morgan fingerprint density at radius 1 is 1.20 bits per heavy atom. The summed E-state index contributed by atoms with van der Waals surface area (Å²) >= 11 is 11.7. The topological polar surface area (TPSA) is 66.3 Å². The van der Waals surface area contributed by atoms with Gasteiger partial charge in [0.1, 0.15) is 22.8 Å². The summed E-state index contributed by atoms with van der Waals surface area (Å²) in [4.78, 5) is 21.1. The lowest BCUT2D eigenvalue weighted by atomic mass is 9.97. The molecule has 2 heterocycles. The molecule has 0 saturated carbocycles. The van der Waals surface area contributed by atoms with Crippen molar-refractivity contribution in [1.82, 2.24) is 14.9 Å². The van der Waals surface area contributed by atoms with Gasteiger partial charge in [-0.15, -0.1) is 0 Å². The van der Waals surface area contributed by atoms with E-state index in [9.17, 15) is 23.1 Å². The number of carbonyl (C=O) groups is 1. The predicted molar refractivity (Wildman–Crippen MR) is 83.8 cm³/mol. The summed E-state index contributed by atoms with van der Waals surface area (Å²) in [5.41, 5.74) is -1.17. The molecule has 0 spiro atoms. The van der Waals surface area contributed by atoms with Crippen LogP contribution in [0, 0.1) is 0 Å². The highest BCUT2D eigenvalue weighted by molar-refractivity contribution is 6.37. The normalized spacial score (nSPS) is 15.2. The van der Waals surface area contributed by atoms with Gasteiger partial charge < -0.3 is 10.0 Å². The molecule has 1 aromatic heterocycles. The number of hydrogen-bond donors (Lipinski definition) is 1. The number of phenolic OH excluding ortho intramolecular Hbond substituents is 1. The first kappa shape index (κ1) is 17.8. The molecule has 2 aromatic rings. The highest BCUT2D eigenvalue weighted by atomic mass is 35.5. The monoisotopic (exact) mass is 391 g/mol. The Kier molecular flexibility index (Phi) is 4.51. The van der Waals surface area contributed by atoms with E-state index in [1.807, 2.05) is 0 Å². The van der Waals surface area contributed by atoms with Crippen molar-refractivity contribution >= 4 is 29.1 Å². The van der Waals surface area contributed by atoms with Crippen molar-refractivity contribution in [2.75, 3.05) is 13.1 Å². The quantitative estimate of drug-likeness (QED) is 0.846. The van der Waals surface area contributed by atoms with Crippen LogP contribution in [0.4, 0.5) is 13.2 Å². The summed E-state index contributed by atoms with van der Waals surface area (Å²) in [5, 5.41) is 9.92. The van der Waals surface area contributed by atoms with Crippen molar-refractivity contribution in [3.05, 3.63) is 51.5 Å². The molecule has 10 heteroatoms. The van der Waals surface area contributed by atoms with Gasteiger partial charge in [-0.25, -0.2) is 9.97 Å². The molecule has 132 valence electrons. The first-order chi connectivity index (χ1) is 11.7. The van der Waals surface area contributed by atoms with E-state index in [0.29, 0.717) is 0 Å². The second kappa shape index (κ2) is 6.34. The first-order valence-corrected chi connectivity index (χ1v) is 7.80. The number of alkyl halides is 3. The molecule has 0 radical (unpaired) electrons. The summed E-state index contributed by atoms with van der Waals surface area (Å²) in [6, 6.07) is 3.52. The average molecular weight is 392 g/mol. The number of carbonyl (C=O) groups excluding carboxylic acids is 1. The van der Waals surface area contributed by atoms with Gasteiger partial charge in [-0.3, -0.25) is 4.79 Å². The average Bonchev–Trinajstić information content (AvgIpc) is 2.49. The molecule has 5 nitrogen and oxygen atoms in total. The fourth-order valence-corrected chi connectivity index (χ4v) is 2.83. The molecule has 1 amide bonds. The zero-order chi connectivity index (χ0) is 18.4. The van der Waals surface area contributed by atoms with Gasteiger partial charge in [-0.05, 0) is 18.2 Å². The molecule has 1 N–H and O–H groups in total. The Hall–Kier alpha value is -2.06. The maximum Gasteiger partial charge on any atom is 0.433 e. The molecule has 1 fully saturated rings. The van der Waals surface area contributed by atoms with Crippen LogP contribution in [0.5, 0.6) is 5.75 Å². The van der Waals surface area contributed by atoms with Gasteiger partial charge in [0.05, 0.1) is 16.0 Å². The Morgan fingerprint density at radius 2 is 1.84 bits per heavy atom. The zero-order valence-corrected chi connectivity index (χ0v) is 13.9. The lowest BCUT2D eigenvalue weighted by Gasteiger charge is -2.38. The van der Waals surface area contributed by atoms with Crippen LogP contribution in [0.25, 0.3) is 0 Å². The van der Waals surface area contributed by atoms with E-state index in [0.717, 1.165) is 12.3 Å². The van der Waals surface area contributed by atoms with Gasteiger partial charge in [0.15, 0.2) is 0 Å². The van der Waals surface area contributed by atoms with Crippen molar-refractivity contribution in [2.45, 2.75) is 12.1 Å². The molecule has 1 aliphatic heterocycles. The van der Waals surface area contributed by atoms with Crippen molar-refractivity contribution in [1.29, 1.82) is 0 Å². The number of amides is 1. The molecule has 0 aliphatic carbocycles. The molecule has 0 bridgehead atoms. The number of hydrogen-bond acceptors (Lipinski definition) is 4. The number of rotatable bonds is 2. The molecule has 0 unspecified atom stereocenters. The Balaban J connectivity index is 1.75. The maximum atomic E-state index is 12.7. The lowest BCUT2D eigenvalue weighted by Crippen LogP contribution is -2.49. The number of phenols is 1. The number of likely N-dealkylation sites (tertiary alicyclic amines) is 1. The van der Waals surface area contributed by atoms with Crippen molar-refractivity contribution in [3.8, 4) is 5.75 Å². The number of nitrogens with zero attached hydrogens (tertiary/aromatic N) is 3. The largest absolute Gasteiger partial charge is 0.505 e. The van der Waals surface area contributed by atoms with E-state index < -0.39 is 29.4 Å². The Morgan fingerprint density at radius 3 is 2.48 bits per heavy atom. The SMILES string of the molecule is O=C(c1c(Cl)ccc(Cl)c1O)N1CC(c2nccc(C(F)(F)F)n2)C1. The van der Waals surface area contributed by atoms with Crippen LogP contribution in [0.2, 0.25) is 10.0 Å². The standard InChI is InChI=1S/C15H10Cl2F3N3O2/c16-8-1-2-9(17)12(24)11(8)14(25)23-5-7(6-23)13-21-4-3-10(22-13)15(18,19)20/h1-4,7,24H,5-6H2. The highest BCUT2D eigenvalue weighted by Gasteiger charge is 2.38. The van der Waals surface area contributed by atoms with E-state index in [1.165, 1.54) is 17.0 Å². The van der Waals surface area contributed by atoms with Gasteiger partial charge in [0.2, 0.25) is 0 Å². The molecule has 0 atom stereocenters. The molecule has 1 aliphatic rings. The Bertz CT molecular complexity index is 839. The summed E-state index contributed by atoms with van der Waals surface area (Å²) in [6.07, 6.45) is -3.52. The zero-order valence-electron chi connectivity index (χ0n) is 12.4. The minimum Gasteiger partial charge on any atom is -0.505 e. The van der Waals surface area contributed by atoms with Crippen molar-refractivity contribution in [3.63, 3.8) is 0 Å². The molecular formula is C15H10Cl2F3N3O2. The van der Waals surface area contributed by atoms with Crippen LogP contribution < -0.4 is 0 Å². The Labute approximate surface area is 150 Å². The van der Waals surface area contributed by atoms with E-state index in [2.05, 4.69) is 9.97 Å². The van der Waals surface area contributed by atoms with E-state index >= 15 is 0 Å². The van der Waals surface area contributed by atoms with Gasteiger partial charge in [0, 0.05) is 19.3 Å². The minimum absolute atomic E-state index is 0.0142. The minimum atomic E-state index is -4.56. The molecule has 1 aromatic carbocycles. The smallest absolute Gasteiger partial charge is 0.433 e. The highest BCUT2D eigenvalue weighted by Crippen LogP contribution is 2.36. The van der Waals surface area contributed by atoms with Crippen LogP contribution in [-0.4, -0.2) is 39.0 Å². The van der Waals surface area contributed by atoms with Crippen LogP contribution in [-0.2, 0) is 6.18 Å². The third-order valence-corrected chi connectivity index (χ3v) is 4.41. The summed E-state index contributed by atoms with van der Waals surface area (Å²) in [5.74, 6) is -1.40. The van der Waals surface area contributed by atoms with E-state index in [1.54, 1.807) is 0 Å². The van der Waals surface area contributed by atoms with Gasteiger partial charge in [-0.1, -0.05) is 23.2 Å². The van der Waals surface area contributed by atoms with Gasteiger partial charge >= 0.3 is 6.18 Å². The fourth-order valence-electron chi connectivity index (χ4n) is 2.44. The molecule has 25 heavy (non-hydrogen) atoms. The lowest BCUT2D eigenvalue weighted by molar-refractivity contribution is -0.141. The predicted octanol–water partition coefficient (Wildman–Crippen LogP) is 3.75. The third-order valence-electron chi connectivity index (χ3n) is 3.79. The second-order valence-corrected chi connectivity index (χ2v) is 6.27.